The molecule has 1 aromatic carbocycles. The van der Waals surface area contributed by atoms with Crippen molar-refractivity contribution in [2.24, 2.45) is 5.73 Å². The first-order valence-corrected chi connectivity index (χ1v) is 7.40. The van der Waals surface area contributed by atoms with Gasteiger partial charge in [0.15, 0.2) is 0 Å². The molecule has 3 rings (SSSR count). The topological polar surface area (TPSA) is 75.4 Å². The summed E-state index contributed by atoms with van der Waals surface area (Å²) in [5.74, 6) is -0.0742. The van der Waals surface area contributed by atoms with Crippen LogP contribution in [0.25, 0.3) is 0 Å². The van der Waals surface area contributed by atoms with Crippen molar-refractivity contribution < 1.29 is 9.59 Å². The van der Waals surface area contributed by atoms with Gasteiger partial charge >= 0.3 is 0 Å². The van der Waals surface area contributed by atoms with Gasteiger partial charge in [0.2, 0.25) is 11.8 Å². The van der Waals surface area contributed by atoms with E-state index in [1.54, 1.807) is 17.3 Å². The molecule has 2 amide bonds. The predicted octanol–water partition coefficient (Wildman–Crippen LogP) is 1.25. The molecule has 0 radical (unpaired) electrons. The molecule has 114 valence electrons. The summed E-state index contributed by atoms with van der Waals surface area (Å²) in [7, 11) is 0. The molecular weight excluding hydrogens is 278 g/mol. The third-order valence-electron chi connectivity index (χ3n) is 3.96. The van der Waals surface area contributed by atoms with E-state index < -0.39 is 5.91 Å². The van der Waals surface area contributed by atoms with Crippen LogP contribution in [0.15, 0.2) is 54.4 Å². The molecule has 0 unspecified atom stereocenters. The van der Waals surface area contributed by atoms with Crippen LogP contribution in [0, 0.1) is 0 Å². The number of primary amides is 1. The molecule has 1 aromatic rings. The van der Waals surface area contributed by atoms with E-state index >= 15 is 0 Å². The van der Waals surface area contributed by atoms with Crippen LogP contribution in [0.5, 0.6) is 0 Å². The van der Waals surface area contributed by atoms with Crippen LogP contribution in [-0.2, 0) is 9.59 Å². The van der Waals surface area contributed by atoms with Gasteiger partial charge in [0.05, 0.1) is 0 Å². The summed E-state index contributed by atoms with van der Waals surface area (Å²) in [5.41, 5.74) is 7.05. The highest BCUT2D eigenvalue weighted by atomic mass is 16.2. The second-order valence-electron chi connectivity index (χ2n) is 5.71. The molecular formula is C17H19N3O2. The van der Waals surface area contributed by atoms with Crippen LogP contribution in [0.1, 0.15) is 24.3 Å². The van der Waals surface area contributed by atoms with Crippen molar-refractivity contribution in [2.75, 3.05) is 6.54 Å². The molecule has 0 aromatic heterocycles. The Kier molecular flexibility index (Phi) is 3.96. The first-order chi connectivity index (χ1) is 10.6. The van der Waals surface area contributed by atoms with Crippen molar-refractivity contribution in [3.8, 4) is 0 Å². The van der Waals surface area contributed by atoms with Gasteiger partial charge in [-0.25, -0.2) is 0 Å². The summed E-state index contributed by atoms with van der Waals surface area (Å²) < 4.78 is 0. The van der Waals surface area contributed by atoms with Crippen LogP contribution in [0.4, 0.5) is 0 Å². The quantitative estimate of drug-likeness (QED) is 0.859. The van der Waals surface area contributed by atoms with Gasteiger partial charge in [-0.2, -0.15) is 0 Å². The molecule has 1 aliphatic heterocycles. The number of rotatable bonds is 5. The van der Waals surface area contributed by atoms with Crippen molar-refractivity contribution in [1.29, 1.82) is 0 Å². The van der Waals surface area contributed by atoms with E-state index in [0.717, 1.165) is 6.42 Å². The number of nitrogens with one attached hydrogen (secondary N) is 1. The Bertz CT molecular complexity index is 637. The number of benzene rings is 1. The molecule has 0 bridgehead atoms. The fourth-order valence-corrected chi connectivity index (χ4v) is 2.71. The zero-order valence-corrected chi connectivity index (χ0v) is 12.2. The number of allylic oxidation sites excluding steroid dienone is 1. The minimum Gasteiger partial charge on any atom is -0.366 e. The van der Waals surface area contributed by atoms with E-state index in [1.165, 1.54) is 5.56 Å². The third kappa shape index (κ3) is 3.36. The Morgan fingerprint density at radius 2 is 2.05 bits per heavy atom. The van der Waals surface area contributed by atoms with Crippen LogP contribution < -0.4 is 11.1 Å². The van der Waals surface area contributed by atoms with E-state index in [4.69, 9.17) is 5.73 Å². The van der Waals surface area contributed by atoms with Crippen LogP contribution in [0.3, 0.4) is 0 Å². The van der Waals surface area contributed by atoms with Gasteiger partial charge in [0.25, 0.3) is 0 Å². The molecule has 0 spiro atoms. The first-order valence-electron chi connectivity index (χ1n) is 7.40. The van der Waals surface area contributed by atoms with E-state index in [2.05, 4.69) is 17.4 Å². The summed E-state index contributed by atoms with van der Waals surface area (Å²) in [6.07, 6.45) is 6.77. The van der Waals surface area contributed by atoms with Gasteiger partial charge in [-0.3, -0.25) is 9.59 Å². The maximum atomic E-state index is 12.1. The van der Waals surface area contributed by atoms with E-state index in [1.807, 2.05) is 24.3 Å². The smallest absolute Gasteiger partial charge is 0.246 e. The normalized spacial score (nSPS) is 22.9. The Morgan fingerprint density at radius 3 is 2.77 bits per heavy atom. The van der Waals surface area contributed by atoms with Gasteiger partial charge in [0, 0.05) is 29.9 Å². The lowest BCUT2D eigenvalue weighted by Crippen LogP contribution is -2.35. The summed E-state index contributed by atoms with van der Waals surface area (Å²) >= 11 is 0. The molecule has 3 N–H and O–H groups in total. The van der Waals surface area contributed by atoms with Gasteiger partial charge in [0.1, 0.15) is 6.54 Å². The molecule has 1 aliphatic carbocycles. The molecule has 1 saturated carbocycles. The minimum atomic E-state index is -0.443. The molecule has 5 heteroatoms. The van der Waals surface area contributed by atoms with Gasteiger partial charge in [-0.15, -0.1) is 0 Å². The first kappa shape index (κ1) is 14.4. The highest BCUT2D eigenvalue weighted by molar-refractivity contribution is 5.92. The molecule has 1 heterocycles. The highest BCUT2D eigenvalue weighted by Crippen LogP contribution is 2.40. The molecule has 22 heavy (non-hydrogen) atoms. The van der Waals surface area contributed by atoms with E-state index in [-0.39, 0.29) is 18.5 Å². The number of nitrogens with zero attached hydrogens (tertiary/aromatic N) is 1. The second kappa shape index (κ2) is 6.05. The number of hydrogen-bond donors (Lipinski definition) is 2. The maximum absolute atomic E-state index is 12.1. The Balaban J connectivity index is 1.51. The van der Waals surface area contributed by atoms with Crippen LogP contribution in [-0.4, -0.2) is 29.3 Å². The van der Waals surface area contributed by atoms with Crippen molar-refractivity contribution >= 4 is 11.8 Å². The largest absolute Gasteiger partial charge is 0.366 e. The third-order valence-corrected chi connectivity index (χ3v) is 3.96. The Morgan fingerprint density at radius 1 is 1.27 bits per heavy atom. The number of hydrogen-bond acceptors (Lipinski definition) is 3. The molecule has 0 saturated heterocycles. The number of amides is 2. The lowest BCUT2D eigenvalue weighted by atomic mass is 10.1. The summed E-state index contributed by atoms with van der Waals surface area (Å²) in [6, 6.07) is 10.4. The maximum Gasteiger partial charge on any atom is 0.246 e. The zero-order valence-electron chi connectivity index (χ0n) is 12.2. The molecule has 1 fully saturated rings. The van der Waals surface area contributed by atoms with Gasteiger partial charge in [-0.1, -0.05) is 36.4 Å². The molecule has 5 nitrogen and oxygen atoms in total. The number of carbonyl (C=O) groups excluding carboxylic acids is 2. The minimum absolute atomic E-state index is 0.0462. The standard InChI is InChI=1S/C17H19N3O2/c18-17(22)13-7-4-8-20(10-13)11-16(21)19-15-9-14(15)12-5-2-1-3-6-12/h1-6,8,10,14-15H,7,9,11H2,(H2,18,22)(H,19,21)/t14-,15+/m1/s1. The average molecular weight is 297 g/mol. The molecule has 2 atom stereocenters. The van der Waals surface area contributed by atoms with Crippen molar-refractivity contribution in [1.82, 2.24) is 10.2 Å². The SMILES string of the molecule is NC(=O)C1=CN(CC(=O)N[C@H]2C[C@@H]2c2ccccc2)C=CC1. The zero-order chi connectivity index (χ0) is 15.5. The van der Waals surface area contributed by atoms with Crippen molar-refractivity contribution in [3.05, 3.63) is 59.9 Å². The Labute approximate surface area is 129 Å². The average Bonchev–Trinajstić information content (AvgIpc) is 3.27. The monoisotopic (exact) mass is 297 g/mol. The lowest BCUT2D eigenvalue weighted by molar-refractivity contribution is -0.121. The predicted molar refractivity (Wildman–Crippen MR) is 83.5 cm³/mol. The fraction of sp³-hybridized carbons (Fsp3) is 0.294. The van der Waals surface area contributed by atoms with Gasteiger partial charge in [-0.05, 0) is 18.4 Å². The van der Waals surface area contributed by atoms with Crippen LogP contribution >= 0.6 is 0 Å². The van der Waals surface area contributed by atoms with Gasteiger partial charge < -0.3 is 16.0 Å². The summed E-state index contributed by atoms with van der Waals surface area (Å²) in [4.78, 5) is 24.9. The highest BCUT2D eigenvalue weighted by Gasteiger charge is 2.39. The van der Waals surface area contributed by atoms with Crippen molar-refractivity contribution in [2.45, 2.75) is 24.8 Å². The summed E-state index contributed by atoms with van der Waals surface area (Å²) in [6.45, 7) is 0.200. The number of nitrogens with two attached hydrogens (primary N) is 1. The van der Waals surface area contributed by atoms with E-state index in [0.29, 0.717) is 17.9 Å². The Hall–Kier alpha value is -2.56. The van der Waals surface area contributed by atoms with Crippen molar-refractivity contribution in [3.63, 3.8) is 0 Å². The van der Waals surface area contributed by atoms with Crippen LogP contribution in [0.2, 0.25) is 0 Å². The molecule has 2 aliphatic rings. The lowest BCUT2D eigenvalue weighted by Gasteiger charge is -2.19. The summed E-state index contributed by atoms with van der Waals surface area (Å²) in [5, 5.41) is 3.03. The fourth-order valence-electron chi connectivity index (χ4n) is 2.71. The second-order valence-corrected chi connectivity index (χ2v) is 5.71. The van der Waals surface area contributed by atoms with E-state index in [9.17, 15) is 9.59 Å². The number of carbonyl (C=O) groups is 2.